The molecule has 0 atom stereocenters. The summed E-state index contributed by atoms with van der Waals surface area (Å²) in [6, 6.07) is 113. The minimum Gasteiger partial charge on any atom is -0.489 e. The van der Waals surface area contributed by atoms with E-state index in [1.165, 1.54) is 82.7 Å². The lowest BCUT2D eigenvalue weighted by atomic mass is 9.74. The molecule has 551 valence electrons. The van der Waals surface area contributed by atoms with Crippen molar-refractivity contribution >= 4 is 32.2 Å². The molecule has 0 unspecified atom stereocenters. The summed E-state index contributed by atoms with van der Waals surface area (Å²) in [5, 5.41) is 3.76. The van der Waals surface area contributed by atoms with E-state index in [2.05, 4.69) is 392 Å². The predicted molar refractivity (Wildman–Crippen MR) is 454 cm³/mol. The van der Waals surface area contributed by atoms with E-state index < -0.39 is 7.92 Å². The Morgan fingerprint density at radius 3 is 0.445 bits per heavy atom. The Morgan fingerprint density at radius 1 is 0.173 bits per heavy atom. The van der Waals surface area contributed by atoms with Gasteiger partial charge in [-0.05, 0) is 215 Å². The van der Waals surface area contributed by atoms with Gasteiger partial charge in [-0.25, -0.2) is 0 Å². The highest BCUT2D eigenvalue weighted by Crippen LogP contribution is 2.43. The van der Waals surface area contributed by atoms with Gasteiger partial charge in [-0.1, -0.05) is 301 Å². The van der Waals surface area contributed by atoms with Crippen LogP contribution >= 0.6 is 7.92 Å². The molecule has 0 fully saturated rings. The van der Waals surface area contributed by atoms with Crippen LogP contribution in [-0.4, -0.2) is 8.41 Å². The molecule has 0 saturated carbocycles. The first-order valence-corrected chi connectivity index (χ1v) is 39.7. The molecule has 0 aromatic heterocycles. The third-order valence-electron chi connectivity index (χ3n) is 23.6. The molecule has 3 radical (unpaired) electrons. The third kappa shape index (κ3) is 16.2. The molecule has 110 heavy (non-hydrogen) atoms. The summed E-state index contributed by atoms with van der Waals surface area (Å²) >= 11 is 0. The standard InChI is InChI=1S/C102H99O6P.B/c1-97(2)76-19-25-79(26-20-76)100(7,8)85-37-49-91(50-38-85)106-67-73-61-74-63-75(62-73)69-108-93-53-41-87(42-54-93)102(11,12)81-29-23-78(24-30-81)99(5,6)84-35-47-90(48-36-84)105-66-72-17-59-96(60-18-72)109(94-55-13-70(14-56-94)64-103-88-43-31-82(97)32-44-88)95-57-15-71(16-58-95)65-104-89-45-33-83(34-46-89)98(3,4)77-21-27-80(28-22-77)101(9,10)86-39-51-92(52-40-86)107-68-74;/h13-63H,64-69H2,1-12H3;. The van der Waals surface area contributed by atoms with E-state index in [0.717, 1.165) is 67.9 Å². The molecule has 13 aromatic carbocycles. The average Bonchev–Trinajstić information content (AvgIpc) is 0.795. The van der Waals surface area contributed by atoms with Crippen molar-refractivity contribution in [3.63, 3.8) is 0 Å². The Hall–Kier alpha value is -10.8. The third-order valence-corrected chi connectivity index (χ3v) is 26.0. The lowest BCUT2D eigenvalue weighted by molar-refractivity contribution is 0.293. The van der Waals surface area contributed by atoms with E-state index in [9.17, 15) is 0 Å². The van der Waals surface area contributed by atoms with Gasteiger partial charge in [0.05, 0.1) is 0 Å². The first-order valence-electron chi connectivity index (χ1n) is 38.3. The van der Waals surface area contributed by atoms with Crippen LogP contribution in [0.25, 0.3) is 0 Å². The zero-order valence-corrected chi connectivity index (χ0v) is 66.6. The number of ether oxygens (including phenoxy) is 6. The van der Waals surface area contributed by atoms with Gasteiger partial charge in [0.2, 0.25) is 0 Å². The lowest BCUT2D eigenvalue weighted by Gasteiger charge is -2.30. The number of benzene rings is 13. The number of hydrogen-bond acceptors (Lipinski definition) is 6. The van der Waals surface area contributed by atoms with Crippen LogP contribution < -0.4 is 44.3 Å². The SMILES string of the molecule is CC1(C)c2ccc(cc2)OCc2ccc(cc2)P2c3ccc(cc3)COc3ccc(cc3)C(C)(C)c3ccc(cc3)C(C)(C)c3ccc(cc3)OCc3cc(cc(c3)COc3ccc(cc3)C(C)(C)c3ccc(cc3)C(C)(C)c3ccc(cc3)OCc3ccc2cc3)COc2ccc(cc2)C(C)(C)c2ccc1cc2.[B]. The molecule has 0 aliphatic carbocycles. The van der Waals surface area contributed by atoms with Crippen molar-refractivity contribution in [3.8, 4) is 34.5 Å². The fourth-order valence-corrected chi connectivity index (χ4v) is 17.7. The van der Waals surface area contributed by atoms with Crippen molar-refractivity contribution in [1.82, 2.24) is 0 Å². The zero-order valence-electron chi connectivity index (χ0n) is 65.7. The minimum absolute atomic E-state index is 0. The van der Waals surface area contributed by atoms with Gasteiger partial charge in [0.1, 0.15) is 74.1 Å². The van der Waals surface area contributed by atoms with Crippen molar-refractivity contribution in [3.05, 3.63) is 410 Å². The first-order chi connectivity index (χ1) is 52.4. The molecule has 0 N–H and O–H groups in total. The van der Waals surface area contributed by atoms with Crippen molar-refractivity contribution in [2.24, 2.45) is 0 Å². The maximum Gasteiger partial charge on any atom is 0.119 e. The van der Waals surface area contributed by atoms with Gasteiger partial charge in [-0.3, -0.25) is 0 Å². The van der Waals surface area contributed by atoms with Crippen molar-refractivity contribution in [2.75, 3.05) is 0 Å². The fourth-order valence-electron chi connectivity index (χ4n) is 15.5. The Morgan fingerprint density at radius 2 is 0.300 bits per heavy atom. The second-order valence-corrected chi connectivity index (χ2v) is 35.1. The molecular formula is C102H99BO6P. The van der Waals surface area contributed by atoms with Gasteiger partial charge in [0, 0.05) is 40.9 Å². The van der Waals surface area contributed by atoms with Crippen molar-refractivity contribution < 1.29 is 28.4 Å². The summed E-state index contributed by atoms with van der Waals surface area (Å²) in [5.74, 6) is 4.90. The fraction of sp³-hybridized carbons (Fsp3) is 0.235. The monoisotopic (exact) mass is 1460 g/mol. The smallest absolute Gasteiger partial charge is 0.119 e. The van der Waals surface area contributed by atoms with Gasteiger partial charge in [-0.2, -0.15) is 0 Å². The largest absolute Gasteiger partial charge is 0.489 e. The second-order valence-electron chi connectivity index (χ2n) is 32.9. The highest BCUT2D eigenvalue weighted by molar-refractivity contribution is 7.79. The molecule has 31 aliphatic heterocycles. The molecule has 8 heteroatoms. The zero-order chi connectivity index (χ0) is 75.7. The number of rotatable bonds is 0. The molecule has 0 amide bonds. The van der Waals surface area contributed by atoms with Crippen LogP contribution in [0.4, 0.5) is 0 Å². The molecule has 0 saturated heterocycles. The molecule has 28 bridgehead atoms. The van der Waals surface area contributed by atoms with Crippen LogP contribution in [0, 0.1) is 0 Å². The minimum atomic E-state index is -0.946. The van der Waals surface area contributed by atoms with Gasteiger partial charge in [-0.15, -0.1) is 0 Å². The van der Waals surface area contributed by atoms with Crippen LogP contribution in [0.1, 0.15) is 183 Å². The van der Waals surface area contributed by atoms with E-state index >= 15 is 0 Å². The normalized spacial score (nSPS) is 16.4. The van der Waals surface area contributed by atoms with E-state index in [1.54, 1.807) is 0 Å². The Balaban J connectivity index is 0.0000101. The molecular weight excluding hydrogens is 1360 g/mol. The summed E-state index contributed by atoms with van der Waals surface area (Å²) in [6.45, 7) is 30.0. The summed E-state index contributed by atoms with van der Waals surface area (Å²) < 4.78 is 39.5. The second kappa shape index (κ2) is 31.3. The average molecular weight is 1460 g/mol. The van der Waals surface area contributed by atoms with Gasteiger partial charge >= 0.3 is 0 Å². The van der Waals surface area contributed by atoms with Crippen LogP contribution in [0.5, 0.6) is 34.5 Å². The summed E-state index contributed by atoms with van der Waals surface area (Å²) in [5.41, 5.74) is 19.5. The van der Waals surface area contributed by atoms with Crippen LogP contribution in [0.3, 0.4) is 0 Å². The Labute approximate surface area is 655 Å². The highest BCUT2D eigenvalue weighted by Gasteiger charge is 2.31. The molecule has 44 rings (SSSR count). The van der Waals surface area contributed by atoms with Crippen LogP contribution in [-0.2, 0) is 72.1 Å². The first kappa shape index (κ1) is 75.9. The summed E-state index contributed by atoms with van der Waals surface area (Å²) in [7, 11) is -0.946. The van der Waals surface area contributed by atoms with Crippen molar-refractivity contribution in [2.45, 2.75) is 155 Å². The molecule has 6 nitrogen and oxygen atoms in total. The van der Waals surface area contributed by atoms with E-state index in [0.29, 0.717) is 39.6 Å². The van der Waals surface area contributed by atoms with Crippen LogP contribution in [0.15, 0.2) is 309 Å². The molecule has 13 aromatic rings. The molecule has 31 aliphatic rings. The van der Waals surface area contributed by atoms with E-state index in [1.807, 2.05) is 0 Å². The van der Waals surface area contributed by atoms with E-state index in [4.69, 9.17) is 28.4 Å². The number of hydrogen-bond donors (Lipinski definition) is 0. The van der Waals surface area contributed by atoms with Crippen LogP contribution in [0.2, 0.25) is 0 Å². The van der Waals surface area contributed by atoms with Crippen molar-refractivity contribution in [1.29, 1.82) is 0 Å². The molecule has 0 spiro atoms. The van der Waals surface area contributed by atoms with Gasteiger partial charge in [0.15, 0.2) is 0 Å². The Kier molecular flexibility index (Phi) is 21.6. The molecule has 31 heterocycles. The van der Waals surface area contributed by atoms with Gasteiger partial charge < -0.3 is 28.4 Å². The maximum absolute atomic E-state index is 6.65. The topological polar surface area (TPSA) is 55.4 Å². The van der Waals surface area contributed by atoms with Gasteiger partial charge in [0.25, 0.3) is 0 Å². The summed E-state index contributed by atoms with van der Waals surface area (Å²) in [4.78, 5) is 0. The highest BCUT2D eigenvalue weighted by atomic mass is 31.1. The Bertz CT molecular complexity index is 4720. The predicted octanol–water partition coefficient (Wildman–Crippen LogP) is 23.1. The van der Waals surface area contributed by atoms with E-state index in [-0.39, 0.29) is 40.9 Å². The summed E-state index contributed by atoms with van der Waals surface area (Å²) in [6.07, 6.45) is 0. The maximum atomic E-state index is 6.65. The lowest BCUT2D eigenvalue weighted by Crippen LogP contribution is -2.21. The quantitative estimate of drug-likeness (QED) is 0.111.